The quantitative estimate of drug-likeness (QED) is 0.765. The fourth-order valence-electron chi connectivity index (χ4n) is 1.54. The van der Waals surface area contributed by atoms with Crippen molar-refractivity contribution in [2.75, 3.05) is 0 Å². The van der Waals surface area contributed by atoms with E-state index >= 15 is 0 Å². The molecule has 0 aliphatic carbocycles. The van der Waals surface area contributed by atoms with Crippen LogP contribution in [-0.4, -0.2) is 5.97 Å². The molecule has 0 radical (unpaired) electrons. The first kappa shape index (κ1) is 11.7. The number of carbonyl (C=O) groups excluding carboxylic acids is 1. The minimum absolute atomic E-state index is 0.149. The Bertz CT molecular complexity index is 445. The summed E-state index contributed by atoms with van der Waals surface area (Å²) in [6.07, 6.45) is 2.23. The molecule has 5 heteroatoms. The van der Waals surface area contributed by atoms with Crippen molar-refractivity contribution in [2.24, 2.45) is 0 Å². The van der Waals surface area contributed by atoms with Gasteiger partial charge >= 0.3 is 5.97 Å². The van der Waals surface area contributed by atoms with Gasteiger partial charge in [-0.2, -0.15) is 0 Å². The smallest absolute Gasteiger partial charge is 0.382 e. The summed E-state index contributed by atoms with van der Waals surface area (Å²) in [5.74, 6) is -0.190. The predicted molar refractivity (Wildman–Crippen MR) is 68.1 cm³/mol. The lowest BCUT2D eigenvalue weighted by molar-refractivity contribution is -0.131. The summed E-state index contributed by atoms with van der Waals surface area (Å²) in [6, 6.07) is 7.41. The highest BCUT2D eigenvalue weighted by molar-refractivity contribution is 14.1. The molecule has 0 spiro atoms. The van der Waals surface area contributed by atoms with Crippen molar-refractivity contribution in [1.82, 2.24) is 0 Å². The lowest BCUT2D eigenvalue weighted by atomic mass is 10.1. The molecular weight excluding hydrogens is 342 g/mol. The average molecular weight is 351 g/mol. The van der Waals surface area contributed by atoms with Gasteiger partial charge in [0, 0.05) is 11.4 Å². The van der Waals surface area contributed by atoms with Gasteiger partial charge in [0.25, 0.3) is 0 Å². The molecule has 16 heavy (non-hydrogen) atoms. The van der Waals surface area contributed by atoms with Crippen LogP contribution in [0, 0.1) is 0 Å². The molecule has 1 unspecified atom stereocenters. The number of rotatable bonds is 2. The van der Waals surface area contributed by atoms with E-state index in [0.717, 1.165) is 5.56 Å². The van der Waals surface area contributed by atoms with Gasteiger partial charge in [-0.05, 0) is 23.8 Å². The summed E-state index contributed by atoms with van der Waals surface area (Å²) in [7, 11) is 0. The van der Waals surface area contributed by atoms with Crippen LogP contribution >= 0.6 is 34.6 Å². The maximum atomic E-state index is 11.2. The number of benzene rings is 1. The lowest BCUT2D eigenvalue weighted by Crippen LogP contribution is -2.04. The van der Waals surface area contributed by atoms with Gasteiger partial charge in [-0.1, -0.05) is 23.7 Å². The van der Waals surface area contributed by atoms with Gasteiger partial charge in [-0.25, -0.2) is 4.79 Å². The fraction of sp³-hybridized carbons (Fsp3) is 0.182. The van der Waals surface area contributed by atoms with Crippen LogP contribution in [0.15, 0.2) is 36.1 Å². The molecule has 1 aliphatic rings. The summed E-state index contributed by atoms with van der Waals surface area (Å²) in [5.41, 5.74) is 0.958. The lowest BCUT2D eigenvalue weighted by Gasteiger charge is -2.12. The first-order valence-electron chi connectivity index (χ1n) is 4.66. The number of hydrogen-bond donors (Lipinski definition) is 0. The van der Waals surface area contributed by atoms with E-state index in [9.17, 15) is 4.79 Å². The zero-order chi connectivity index (χ0) is 11.5. The molecule has 84 valence electrons. The van der Waals surface area contributed by atoms with Crippen LogP contribution < -0.4 is 0 Å². The van der Waals surface area contributed by atoms with Crippen molar-refractivity contribution in [3.63, 3.8) is 0 Å². The first-order chi connectivity index (χ1) is 7.70. The monoisotopic (exact) mass is 350 g/mol. The second-order valence-corrected chi connectivity index (χ2v) is 4.21. The molecule has 0 fully saturated rings. The van der Waals surface area contributed by atoms with Crippen LogP contribution in [0.5, 0.6) is 0 Å². The third-order valence-corrected chi connectivity index (χ3v) is 2.91. The maximum absolute atomic E-state index is 11.2. The van der Waals surface area contributed by atoms with Crippen LogP contribution in [0.2, 0.25) is 5.02 Å². The molecule has 0 saturated heterocycles. The topological polar surface area (TPSA) is 35.5 Å². The Labute approximate surface area is 112 Å². The molecule has 1 heterocycles. The number of halogens is 2. The van der Waals surface area contributed by atoms with Gasteiger partial charge in [-0.15, -0.1) is 0 Å². The zero-order valence-corrected chi connectivity index (χ0v) is 11.1. The molecule has 0 amide bonds. The Kier molecular flexibility index (Phi) is 3.70. The molecule has 1 aromatic carbocycles. The van der Waals surface area contributed by atoms with E-state index in [-0.39, 0.29) is 11.9 Å². The Hall–Kier alpha value is -0.750. The second kappa shape index (κ2) is 5.05. The molecule has 0 bridgehead atoms. The van der Waals surface area contributed by atoms with Gasteiger partial charge in [0.1, 0.15) is 6.10 Å². The van der Waals surface area contributed by atoms with Crippen molar-refractivity contribution < 1.29 is 12.6 Å². The Balaban J connectivity index is 2.09. The van der Waals surface area contributed by atoms with Crippen LogP contribution in [0.3, 0.4) is 0 Å². The summed E-state index contributed by atoms with van der Waals surface area (Å²) in [6.45, 7) is 0. The highest BCUT2D eigenvalue weighted by Crippen LogP contribution is 2.32. The summed E-state index contributed by atoms with van der Waals surface area (Å²) in [5, 5.41) is 0.658. The minimum Gasteiger partial charge on any atom is -0.478 e. The number of carbonyl (C=O) groups is 1. The first-order valence-corrected chi connectivity index (χ1v) is 5.92. The fourth-order valence-corrected chi connectivity index (χ4v) is 1.96. The molecule has 3 nitrogen and oxygen atoms in total. The molecule has 0 aromatic heterocycles. The van der Waals surface area contributed by atoms with Gasteiger partial charge in [0.15, 0.2) is 23.0 Å². The summed E-state index contributed by atoms with van der Waals surface area (Å²) >= 11 is 7.42. The zero-order valence-electron chi connectivity index (χ0n) is 8.15. The van der Waals surface area contributed by atoms with E-state index in [1.54, 1.807) is 12.1 Å². The van der Waals surface area contributed by atoms with Crippen LogP contribution in [0.4, 0.5) is 0 Å². The highest BCUT2D eigenvalue weighted by atomic mass is 127. The molecule has 1 aliphatic heterocycles. The van der Waals surface area contributed by atoms with Crippen LogP contribution in [0.25, 0.3) is 0 Å². The van der Waals surface area contributed by atoms with E-state index in [4.69, 9.17) is 16.3 Å². The predicted octanol–water partition coefficient (Wildman–Crippen LogP) is 3.58. The number of hydrogen-bond acceptors (Lipinski definition) is 3. The molecule has 1 aromatic rings. The average Bonchev–Trinajstić information content (AvgIpc) is 2.77. The van der Waals surface area contributed by atoms with Gasteiger partial charge in [-0.3, -0.25) is 0 Å². The van der Waals surface area contributed by atoms with Crippen molar-refractivity contribution in [3.05, 3.63) is 46.7 Å². The van der Waals surface area contributed by atoms with Crippen LogP contribution in [-0.2, 0) is 12.6 Å². The van der Waals surface area contributed by atoms with Crippen molar-refractivity contribution in [3.8, 4) is 0 Å². The molecule has 0 saturated carbocycles. The minimum atomic E-state index is -0.454. The van der Waals surface area contributed by atoms with Gasteiger partial charge in [0.2, 0.25) is 5.76 Å². The third kappa shape index (κ3) is 2.49. The van der Waals surface area contributed by atoms with Gasteiger partial charge in [0.05, 0.1) is 0 Å². The largest absolute Gasteiger partial charge is 0.478 e. The van der Waals surface area contributed by atoms with Gasteiger partial charge < -0.3 is 7.80 Å². The standard InChI is InChI=1S/C11H8ClIO3/c12-8-3-1-2-7(6-8)9-4-5-10(15-9)11(14)16-13/h1-3,5-6,9H,4H2. The molecule has 1 atom stereocenters. The van der Waals surface area contributed by atoms with Crippen molar-refractivity contribution >= 4 is 40.6 Å². The molecule has 0 N–H and O–H groups in total. The molecule has 2 rings (SSSR count). The SMILES string of the molecule is O=C(OI)C1=CCC(c2cccc(Cl)c2)O1. The Morgan fingerprint density at radius 1 is 1.56 bits per heavy atom. The van der Waals surface area contributed by atoms with E-state index < -0.39 is 5.97 Å². The summed E-state index contributed by atoms with van der Waals surface area (Å²) < 4.78 is 10.0. The third-order valence-electron chi connectivity index (χ3n) is 2.28. The van der Waals surface area contributed by atoms with E-state index in [1.165, 1.54) is 23.0 Å². The maximum Gasteiger partial charge on any atom is 0.382 e. The normalized spacial score (nSPS) is 18.9. The molecular formula is C11H8ClIO3. The van der Waals surface area contributed by atoms with Crippen molar-refractivity contribution in [2.45, 2.75) is 12.5 Å². The van der Waals surface area contributed by atoms with E-state index in [1.807, 2.05) is 18.2 Å². The van der Waals surface area contributed by atoms with Crippen molar-refractivity contribution in [1.29, 1.82) is 0 Å². The number of ether oxygens (including phenoxy) is 1. The Morgan fingerprint density at radius 2 is 2.38 bits per heavy atom. The highest BCUT2D eigenvalue weighted by Gasteiger charge is 2.25. The second-order valence-electron chi connectivity index (χ2n) is 3.33. The van der Waals surface area contributed by atoms with E-state index in [2.05, 4.69) is 3.07 Å². The van der Waals surface area contributed by atoms with Crippen LogP contribution in [0.1, 0.15) is 18.1 Å². The van der Waals surface area contributed by atoms with E-state index in [0.29, 0.717) is 11.4 Å². The summed E-state index contributed by atoms with van der Waals surface area (Å²) in [4.78, 5) is 11.2. The Morgan fingerprint density at radius 3 is 3.06 bits per heavy atom.